The minimum Gasteiger partial charge on any atom is -0.491 e. The number of amides is 3. The summed E-state index contributed by atoms with van der Waals surface area (Å²) in [6.45, 7) is 15.1. The smallest absolute Gasteiger partial charge is 0.259 e. The van der Waals surface area contributed by atoms with Gasteiger partial charge in [-0.25, -0.2) is 26.8 Å². The Bertz CT molecular complexity index is 2530. The second-order valence-corrected chi connectivity index (χ2v) is 22.9. The molecule has 6 atom stereocenters. The number of halogens is 1. The fourth-order valence-electron chi connectivity index (χ4n) is 8.80. The Morgan fingerprint density at radius 3 is 2.46 bits per heavy atom. The van der Waals surface area contributed by atoms with Crippen molar-refractivity contribution in [2.75, 3.05) is 52.3 Å². The number of pyridine rings is 1. The molecule has 0 bridgehead atoms. The van der Waals surface area contributed by atoms with E-state index >= 15 is 0 Å². The predicted octanol–water partition coefficient (Wildman–Crippen LogP) is 3.53. The molecule has 2 saturated carbocycles. The van der Waals surface area contributed by atoms with Crippen molar-refractivity contribution in [3.63, 3.8) is 0 Å². The third-order valence-corrected chi connectivity index (χ3v) is 16.9. The SMILES string of the molecule is C=C[C@@H]1C[C@]1(NC(=O)[C@@H]1C[C@@H](Oc2cc(-c3nc(C(C)C)cs3)nc3c(Cl)c(OCCN4CCOCC4)ccc23)[C@H]2CN(S(C)(=O)=O)[C@H](C(C)C)C(=O)N21)C(=O)NS(=O)(=O)C1CC1. The lowest BCUT2D eigenvalue weighted by atomic mass is 9.98. The Kier molecular flexibility index (Phi) is 12.7. The van der Waals surface area contributed by atoms with Gasteiger partial charge in [-0.15, -0.1) is 17.9 Å². The summed E-state index contributed by atoms with van der Waals surface area (Å²) in [6, 6.07) is 1.94. The van der Waals surface area contributed by atoms with Crippen molar-refractivity contribution in [1.29, 1.82) is 0 Å². The van der Waals surface area contributed by atoms with Crippen LogP contribution in [0.5, 0.6) is 11.5 Å². The second-order valence-electron chi connectivity index (χ2n) is 17.7. The van der Waals surface area contributed by atoms with Crippen molar-refractivity contribution in [2.45, 2.75) is 94.3 Å². The van der Waals surface area contributed by atoms with Crippen molar-refractivity contribution in [2.24, 2.45) is 11.8 Å². The molecular weight excluding hydrogens is 894 g/mol. The Balaban J connectivity index is 1.15. The molecule has 3 amide bonds. The lowest BCUT2D eigenvalue weighted by molar-refractivity contribution is -0.150. The first-order chi connectivity index (χ1) is 29.8. The zero-order chi connectivity index (χ0) is 45.2. The number of carbonyl (C=O) groups is 3. The van der Waals surface area contributed by atoms with Crippen LogP contribution in [0.1, 0.15) is 65.0 Å². The van der Waals surface area contributed by atoms with Gasteiger partial charge in [0.15, 0.2) is 0 Å². The first kappa shape index (κ1) is 45.6. The lowest BCUT2D eigenvalue weighted by Crippen LogP contribution is -2.67. The average molecular weight is 949 g/mol. The molecule has 21 heteroatoms. The van der Waals surface area contributed by atoms with Crippen LogP contribution in [0.25, 0.3) is 21.6 Å². The number of carbonyl (C=O) groups excluding carboxylic acids is 3. The molecule has 0 radical (unpaired) electrons. The minimum absolute atomic E-state index is 0.0914. The first-order valence-corrected chi connectivity index (χ1v) is 26.0. The molecular formula is C42H54ClN7O10S3. The number of ether oxygens (including phenoxy) is 3. The van der Waals surface area contributed by atoms with E-state index in [4.69, 9.17) is 35.8 Å². The van der Waals surface area contributed by atoms with Crippen LogP contribution in [0.3, 0.4) is 0 Å². The number of morpholine rings is 1. The van der Waals surface area contributed by atoms with E-state index in [1.165, 1.54) is 26.6 Å². The van der Waals surface area contributed by atoms with Crippen LogP contribution in [0.15, 0.2) is 36.2 Å². The largest absolute Gasteiger partial charge is 0.491 e. The van der Waals surface area contributed by atoms with Gasteiger partial charge in [-0.05, 0) is 43.2 Å². The van der Waals surface area contributed by atoms with E-state index in [1.54, 1.807) is 32.0 Å². The number of aromatic nitrogens is 2. The number of nitrogens with one attached hydrogen (secondary N) is 2. The number of sulfonamides is 2. The number of hydrogen-bond acceptors (Lipinski definition) is 14. The summed E-state index contributed by atoms with van der Waals surface area (Å²) >= 11 is 8.51. The average Bonchev–Trinajstić information content (AvgIpc) is 4.12. The third kappa shape index (κ3) is 9.05. The van der Waals surface area contributed by atoms with Gasteiger partial charge in [-0.1, -0.05) is 45.4 Å². The zero-order valence-corrected chi connectivity index (χ0v) is 39.1. The standard InChI is InChI=1S/C42H54ClN7O10S3/c1-7-25-20-42(25,41(53)47-63(56,57)26-8-9-26)46-38(51)30-19-34(31-21-49(62(6,54)55)37(24(4)5)40(52)50(30)31)60-33-18-28(39-45-29(22-61-39)23(2)3)44-36-27(33)10-11-32(35(36)43)59-17-14-48-12-15-58-16-13-48/h7,10-11,18,22-26,30-31,34,37H,1,8-9,12-17,19-21H2,2-6H3,(H,46,51)(H,47,53)/t25-,30+,31-,34-,37-,42-/m1/s1. The Morgan fingerprint density at radius 2 is 1.84 bits per heavy atom. The van der Waals surface area contributed by atoms with Gasteiger partial charge in [-0.3, -0.25) is 24.0 Å². The van der Waals surface area contributed by atoms with Crippen LogP contribution in [-0.2, 0) is 39.2 Å². The Hall–Kier alpha value is -3.92. The molecule has 0 spiro atoms. The quantitative estimate of drug-likeness (QED) is 0.198. The number of thiazole rings is 1. The molecule has 8 rings (SSSR count). The fourth-order valence-corrected chi connectivity index (χ4v) is 12.5. The minimum atomic E-state index is -3.95. The van der Waals surface area contributed by atoms with E-state index in [0.717, 1.165) is 25.0 Å². The molecule has 5 heterocycles. The number of benzene rings is 1. The molecule has 0 unspecified atom stereocenters. The van der Waals surface area contributed by atoms with Crippen LogP contribution in [-0.4, -0.2) is 146 Å². The molecule has 1 aromatic carbocycles. The zero-order valence-electron chi connectivity index (χ0n) is 35.9. The van der Waals surface area contributed by atoms with Crippen LogP contribution in [0.2, 0.25) is 5.02 Å². The summed E-state index contributed by atoms with van der Waals surface area (Å²) in [5.74, 6) is -2.33. The highest BCUT2D eigenvalue weighted by atomic mass is 35.5. The molecule has 342 valence electrons. The van der Waals surface area contributed by atoms with Crippen molar-refractivity contribution >= 4 is 71.6 Å². The van der Waals surface area contributed by atoms with E-state index in [2.05, 4.69) is 21.5 Å². The van der Waals surface area contributed by atoms with E-state index in [-0.39, 0.29) is 30.3 Å². The summed E-state index contributed by atoms with van der Waals surface area (Å²) in [5, 5.41) is 5.46. The van der Waals surface area contributed by atoms with Crippen molar-refractivity contribution < 1.29 is 45.4 Å². The van der Waals surface area contributed by atoms with Crippen LogP contribution in [0.4, 0.5) is 0 Å². The summed E-state index contributed by atoms with van der Waals surface area (Å²) in [6.07, 6.45) is 2.46. The number of fused-ring (bicyclic) bond motifs is 2. The van der Waals surface area contributed by atoms with Gasteiger partial charge in [0, 0.05) is 55.4 Å². The van der Waals surface area contributed by atoms with E-state index in [0.29, 0.717) is 72.3 Å². The van der Waals surface area contributed by atoms with Crippen molar-refractivity contribution in [3.05, 3.63) is 47.0 Å². The van der Waals surface area contributed by atoms with Gasteiger partial charge in [0.1, 0.15) is 57.6 Å². The molecule has 3 aromatic rings. The normalized spacial score (nSPS) is 26.8. The summed E-state index contributed by atoms with van der Waals surface area (Å²) in [4.78, 5) is 56.4. The maximum Gasteiger partial charge on any atom is 0.259 e. The summed E-state index contributed by atoms with van der Waals surface area (Å²) in [5.41, 5.74) is 0.0933. The van der Waals surface area contributed by atoms with Gasteiger partial charge >= 0.3 is 0 Å². The van der Waals surface area contributed by atoms with Crippen LogP contribution < -0.4 is 19.5 Å². The molecule has 2 N–H and O–H groups in total. The number of hydrogen-bond donors (Lipinski definition) is 2. The van der Waals surface area contributed by atoms with Gasteiger partial charge in [-0.2, -0.15) is 4.31 Å². The van der Waals surface area contributed by atoms with Crippen molar-refractivity contribution in [3.8, 4) is 22.2 Å². The second kappa shape index (κ2) is 17.5. The molecule has 5 fully saturated rings. The molecule has 5 aliphatic rings. The number of piperazine rings is 1. The Morgan fingerprint density at radius 1 is 1.11 bits per heavy atom. The number of rotatable bonds is 16. The molecule has 3 saturated heterocycles. The molecule has 2 aromatic heterocycles. The maximum absolute atomic E-state index is 14.7. The fraction of sp³-hybridized carbons (Fsp3) is 0.595. The van der Waals surface area contributed by atoms with Gasteiger partial charge in [0.2, 0.25) is 31.9 Å². The van der Waals surface area contributed by atoms with Crippen LogP contribution >= 0.6 is 22.9 Å². The van der Waals surface area contributed by atoms with Crippen LogP contribution in [0, 0.1) is 11.8 Å². The van der Waals surface area contributed by atoms with Crippen molar-refractivity contribution in [1.82, 2.24) is 34.1 Å². The topological polar surface area (TPSA) is 207 Å². The number of nitrogens with zero attached hydrogens (tertiary/aromatic N) is 5. The molecule has 3 aliphatic heterocycles. The molecule has 17 nitrogen and oxygen atoms in total. The summed E-state index contributed by atoms with van der Waals surface area (Å²) in [7, 11) is -7.89. The maximum atomic E-state index is 14.7. The first-order valence-electron chi connectivity index (χ1n) is 21.3. The van der Waals surface area contributed by atoms with E-state index in [9.17, 15) is 31.2 Å². The monoisotopic (exact) mass is 947 g/mol. The summed E-state index contributed by atoms with van der Waals surface area (Å²) < 4.78 is 74.3. The highest BCUT2D eigenvalue weighted by Crippen LogP contribution is 2.47. The highest BCUT2D eigenvalue weighted by Gasteiger charge is 2.63. The highest BCUT2D eigenvalue weighted by molar-refractivity contribution is 7.91. The molecule has 63 heavy (non-hydrogen) atoms. The van der Waals surface area contributed by atoms with Gasteiger partial charge < -0.3 is 24.4 Å². The Labute approximate surface area is 377 Å². The molecule has 2 aliphatic carbocycles. The van der Waals surface area contributed by atoms with Gasteiger partial charge in [0.05, 0.1) is 42.0 Å². The van der Waals surface area contributed by atoms with E-state index < -0.39 is 84.6 Å². The lowest BCUT2D eigenvalue weighted by Gasteiger charge is -2.45. The third-order valence-electron chi connectivity index (χ3n) is 12.6. The van der Waals surface area contributed by atoms with E-state index in [1.807, 2.05) is 19.2 Å². The predicted molar refractivity (Wildman–Crippen MR) is 238 cm³/mol. The van der Waals surface area contributed by atoms with Gasteiger partial charge in [0.25, 0.3) is 5.91 Å².